The maximum atomic E-state index is 9.73. The predicted molar refractivity (Wildman–Crippen MR) is 64.7 cm³/mol. The van der Waals surface area contributed by atoms with Gasteiger partial charge in [-0.1, -0.05) is 0 Å². The smallest absolute Gasteiger partial charge is 0.160 e. The number of rotatable bonds is 4. The van der Waals surface area contributed by atoms with E-state index in [1.165, 1.54) is 0 Å². The molecule has 7 atom stereocenters. The fourth-order valence-corrected chi connectivity index (χ4v) is 2.38. The molecular formula is C12H22O8. The third-order valence-electron chi connectivity index (χ3n) is 3.68. The topological polar surface area (TPSA) is 129 Å². The molecule has 2 aliphatic heterocycles. The number of aliphatic hydroxyl groups excluding tert-OH is 5. The molecule has 118 valence electrons. The summed E-state index contributed by atoms with van der Waals surface area (Å²) in [5.41, 5.74) is 0. The van der Waals surface area contributed by atoms with Crippen molar-refractivity contribution in [2.75, 3.05) is 19.8 Å². The molecular weight excluding hydrogens is 272 g/mol. The van der Waals surface area contributed by atoms with Crippen molar-refractivity contribution in [1.82, 2.24) is 0 Å². The summed E-state index contributed by atoms with van der Waals surface area (Å²) >= 11 is 0. The van der Waals surface area contributed by atoms with Gasteiger partial charge in [0, 0.05) is 13.0 Å². The van der Waals surface area contributed by atoms with Gasteiger partial charge < -0.3 is 39.7 Å². The maximum Gasteiger partial charge on any atom is 0.160 e. The van der Waals surface area contributed by atoms with Gasteiger partial charge in [0.05, 0.1) is 25.4 Å². The molecule has 2 fully saturated rings. The zero-order chi connectivity index (χ0) is 14.7. The summed E-state index contributed by atoms with van der Waals surface area (Å²) in [7, 11) is 0. The Morgan fingerprint density at radius 3 is 2.40 bits per heavy atom. The van der Waals surface area contributed by atoms with Crippen molar-refractivity contribution in [2.24, 2.45) is 0 Å². The summed E-state index contributed by atoms with van der Waals surface area (Å²) < 4.78 is 16.0. The second-order valence-corrected chi connectivity index (χ2v) is 5.17. The Bertz CT molecular complexity index is 301. The van der Waals surface area contributed by atoms with E-state index in [1.54, 1.807) is 0 Å². The van der Waals surface area contributed by atoms with Gasteiger partial charge in [-0.3, -0.25) is 0 Å². The molecule has 0 bridgehead atoms. The third-order valence-corrected chi connectivity index (χ3v) is 3.68. The highest BCUT2D eigenvalue weighted by Gasteiger charge is 2.38. The van der Waals surface area contributed by atoms with Crippen molar-refractivity contribution in [3.63, 3.8) is 0 Å². The van der Waals surface area contributed by atoms with Crippen LogP contribution in [0.1, 0.15) is 12.8 Å². The van der Waals surface area contributed by atoms with Crippen LogP contribution in [0.5, 0.6) is 0 Å². The van der Waals surface area contributed by atoms with Gasteiger partial charge in [-0.05, 0) is 6.42 Å². The summed E-state index contributed by atoms with van der Waals surface area (Å²) in [5.74, 6) is 0. The lowest BCUT2D eigenvalue weighted by atomic mass is 10.0. The van der Waals surface area contributed by atoms with Crippen LogP contribution in [-0.4, -0.2) is 88.3 Å². The van der Waals surface area contributed by atoms with E-state index in [1.807, 2.05) is 0 Å². The fraction of sp³-hybridized carbons (Fsp3) is 1.00. The first kappa shape index (κ1) is 16.1. The van der Waals surface area contributed by atoms with Crippen molar-refractivity contribution in [3.05, 3.63) is 0 Å². The van der Waals surface area contributed by atoms with Crippen molar-refractivity contribution in [1.29, 1.82) is 0 Å². The van der Waals surface area contributed by atoms with Crippen molar-refractivity contribution in [2.45, 2.75) is 55.8 Å². The minimum absolute atomic E-state index is 0.0101. The van der Waals surface area contributed by atoms with E-state index in [0.29, 0.717) is 13.0 Å². The molecule has 0 spiro atoms. The van der Waals surface area contributed by atoms with Gasteiger partial charge in [-0.2, -0.15) is 0 Å². The molecule has 0 radical (unpaired) electrons. The standard InChI is InChI=1S/C12H22O8/c13-4-8-12(17)7(15)3-10(20-8)19-5-9-11(16)6(14)1-2-18-9/h6-17H,1-5H2/t6?,7-,8?,9?,10+,11?,12+/m1/s1. The minimum Gasteiger partial charge on any atom is -0.394 e. The summed E-state index contributed by atoms with van der Waals surface area (Å²) in [6, 6.07) is 0. The molecule has 2 saturated heterocycles. The number of aliphatic hydroxyl groups is 5. The Kier molecular flexibility index (Phi) is 5.70. The van der Waals surface area contributed by atoms with Gasteiger partial charge in [-0.25, -0.2) is 0 Å². The molecule has 8 heteroatoms. The lowest BCUT2D eigenvalue weighted by Gasteiger charge is -2.37. The van der Waals surface area contributed by atoms with E-state index in [-0.39, 0.29) is 13.0 Å². The highest BCUT2D eigenvalue weighted by molar-refractivity contribution is 4.84. The summed E-state index contributed by atoms with van der Waals surface area (Å²) in [5, 5.41) is 47.5. The van der Waals surface area contributed by atoms with E-state index >= 15 is 0 Å². The molecule has 0 aromatic heterocycles. The first-order valence-electron chi connectivity index (χ1n) is 6.74. The van der Waals surface area contributed by atoms with Crippen LogP contribution in [-0.2, 0) is 14.2 Å². The van der Waals surface area contributed by atoms with E-state index in [0.717, 1.165) is 0 Å². The molecule has 0 amide bonds. The molecule has 20 heavy (non-hydrogen) atoms. The summed E-state index contributed by atoms with van der Waals surface area (Å²) in [6.07, 6.45) is -6.03. The Labute approximate surface area is 116 Å². The van der Waals surface area contributed by atoms with Crippen molar-refractivity contribution in [3.8, 4) is 0 Å². The minimum atomic E-state index is -1.15. The first-order valence-corrected chi connectivity index (χ1v) is 6.74. The number of hydrogen-bond acceptors (Lipinski definition) is 8. The van der Waals surface area contributed by atoms with E-state index in [9.17, 15) is 20.4 Å². The van der Waals surface area contributed by atoms with Crippen molar-refractivity contribution < 1.29 is 39.7 Å². The lowest BCUT2D eigenvalue weighted by molar-refractivity contribution is -0.269. The van der Waals surface area contributed by atoms with Crippen LogP contribution >= 0.6 is 0 Å². The average molecular weight is 294 g/mol. The van der Waals surface area contributed by atoms with Gasteiger partial charge in [0.2, 0.25) is 0 Å². The zero-order valence-electron chi connectivity index (χ0n) is 11.0. The van der Waals surface area contributed by atoms with Gasteiger partial charge in [-0.15, -0.1) is 0 Å². The predicted octanol–water partition coefficient (Wildman–Crippen LogP) is -2.66. The Hall–Kier alpha value is -0.320. The van der Waals surface area contributed by atoms with E-state index in [2.05, 4.69) is 0 Å². The highest BCUT2D eigenvalue weighted by atomic mass is 16.7. The van der Waals surface area contributed by atoms with Crippen LogP contribution in [0.3, 0.4) is 0 Å². The van der Waals surface area contributed by atoms with Crippen LogP contribution in [0, 0.1) is 0 Å². The van der Waals surface area contributed by atoms with Crippen LogP contribution in [0.2, 0.25) is 0 Å². The number of hydrogen-bond donors (Lipinski definition) is 5. The zero-order valence-corrected chi connectivity index (χ0v) is 11.0. The third kappa shape index (κ3) is 3.66. The summed E-state index contributed by atoms with van der Waals surface area (Å²) in [4.78, 5) is 0. The van der Waals surface area contributed by atoms with Crippen molar-refractivity contribution >= 4 is 0 Å². The molecule has 0 saturated carbocycles. The van der Waals surface area contributed by atoms with Crippen LogP contribution in [0.25, 0.3) is 0 Å². The number of ether oxygens (including phenoxy) is 3. The molecule has 2 heterocycles. The SMILES string of the molecule is OCC1O[C@H](OCC2OCCC(O)C2O)C[C@@H](O)[C@@H]1O. The van der Waals surface area contributed by atoms with Crippen LogP contribution in [0.4, 0.5) is 0 Å². The monoisotopic (exact) mass is 294 g/mol. The lowest BCUT2D eigenvalue weighted by Crippen LogP contribution is -2.52. The molecule has 0 aromatic rings. The second-order valence-electron chi connectivity index (χ2n) is 5.17. The molecule has 0 aliphatic carbocycles. The Morgan fingerprint density at radius 1 is 1.00 bits per heavy atom. The van der Waals surface area contributed by atoms with Gasteiger partial charge in [0.25, 0.3) is 0 Å². The fourth-order valence-electron chi connectivity index (χ4n) is 2.38. The average Bonchev–Trinajstić information content (AvgIpc) is 2.44. The normalized spacial score (nSPS) is 46.4. The van der Waals surface area contributed by atoms with Gasteiger partial charge in [0.15, 0.2) is 6.29 Å². The summed E-state index contributed by atoms with van der Waals surface area (Å²) in [6.45, 7) is -0.110. The first-order chi connectivity index (χ1) is 9.52. The second kappa shape index (κ2) is 7.10. The Balaban J connectivity index is 1.81. The molecule has 8 nitrogen and oxygen atoms in total. The van der Waals surface area contributed by atoms with E-state index < -0.39 is 49.5 Å². The van der Waals surface area contributed by atoms with Gasteiger partial charge >= 0.3 is 0 Å². The molecule has 5 N–H and O–H groups in total. The Morgan fingerprint density at radius 2 is 1.70 bits per heavy atom. The van der Waals surface area contributed by atoms with Crippen LogP contribution in [0.15, 0.2) is 0 Å². The molecule has 2 aliphatic rings. The largest absolute Gasteiger partial charge is 0.394 e. The maximum absolute atomic E-state index is 9.73. The molecule has 2 rings (SSSR count). The molecule has 4 unspecified atom stereocenters. The highest BCUT2D eigenvalue weighted by Crippen LogP contribution is 2.22. The van der Waals surface area contributed by atoms with E-state index in [4.69, 9.17) is 19.3 Å². The molecule has 0 aromatic carbocycles. The van der Waals surface area contributed by atoms with Crippen LogP contribution < -0.4 is 0 Å². The quantitative estimate of drug-likeness (QED) is 0.380. The van der Waals surface area contributed by atoms with Gasteiger partial charge in [0.1, 0.15) is 24.4 Å².